The molecule has 0 atom stereocenters. The van der Waals surface area contributed by atoms with Gasteiger partial charge in [0.15, 0.2) is 5.78 Å². The normalized spacial score (nSPS) is 12.7. The number of benzene rings is 2. The van der Waals surface area contributed by atoms with Crippen LogP contribution in [0, 0.1) is 13.8 Å². The van der Waals surface area contributed by atoms with Crippen LogP contribution >= 0.6 is 11.3 Å². The second kappa shape index (κ2) is 4.61. The molecule has 4 aromatic rings. The summed E-state index contributed by atoms with van der Waals surface area (Å²) >= 11 is 1.60. The summed E-state index contributed by atoms with van der Waals surface area (Å²) in [4.78, 5) is 17.4. The van der Waals surface area contributed by atoms with Gasteiger partial charge in [-0.2, -0.15) is 5.10 Å². The Bertz CT molecular complexity index is 1150. The van der Waals surface area contributed by atoms with Gasteiger partial charge in [-0.25, -0.2) is 9.67 Å². The van der Waals surface area contributed by atoms with Crippen LogP contribution in [-0.4, -0.2) is 20.5 Å². The van der Waals surface area contributed by atoms with E-state index in [9.17, 15) is 4.79 Å². The van der Waals surface area contributed by atoms with E-state index in [4.69, 9.17) is 4.98 Å². The maximum atomic E-state index is 12.7. The molecule has 5 rings (SSSR count). The third-order valence-electron chi connectivity index (χ3n) is 4.43. The van der Waals surface area contributed by atoms with Gasteiger partial charge in [-0.15, -0.1) is 0 Å². The molecule has 0 radical (unpaired) electrons. The molecule has 4 nitrogen and oxygen atoms in total. The zero-order valence-electron chi connectivity index (χ0n) is 13.2. The molecular weight excluding hydrogens is 318 g/mol. The van der Waals surface area contributed by atoms with Crippen LogP contribution < -0.4 is 0 Å². The van der Waals surface area contributed by atoms with Crippen LogP contribution in [0.15, 0.2) is 42.5 Å². The third-order valence-corrected chi connectivity index (χ3v) is 5.42. The van der Waals surface area contributed by atoms with Crippen LogP contribution in [0.1, 0.15) is 27.2 Å². The fourth-order valence-electron chi connectivity index (χ4n) is 3.32. The molecule has 2 heterocycles. The molecule has 0 bridgehead atoms. The Morgan fingerprint density at radius 1 is 1.04 bits per heavy atom. The van der Waals surface area contributed by atoms with Gasteiger partial charge in [0.05, 0.1) is 27.2 Å². The number of fused-ring (bicyclic) bond motifs is 4. The highest BCUT2D eigenvalue weighted by Crippen LogP contribution is 2.40. The summed E-state index contributed by atoms with van der Waals surface area (Å²) in [6, 6.07) is 13.9. The van der Waals surface area contributed by atoms with Crippen molar-refractivity contribution in [3.8, 4) is 16.4 Å². The molecule has 0 saturated carbocycles. The lowest BCUT2D eigenvalue weighted by Gasteiger charge is -2.02. The molecular formula is C19H13N3OS. The van der Waals surface area contributed by atoms with E-state index in [1.165, 1.54) is 5.56 Å². The monoisotopic (exact) mass is 331 g/mol. The maximum Gasteiger partial charge on any atom is 0.212 e. The summed E-state index contributed by atoms with van der Waals surface area (Å²) < 4.78 is 2.96. The average molecular weight is 331 g/mol. The van der Waals surface area contributed by atoms with Gasteiger partial charge < -0.3 is 0 Å². The van der Waals surface area contributed by atoms with Gasteiger partial charge in [-0.3, -0.25) is 4.79 Å². The number of nitrogens with zero attached hydrogens (tertiary/aromatic N) is 3. The summed E-state index contributed by atoms with van der Waals surface area (Å²) in [5.41, 5.74) is 6.17. The Hall–Kier alpha value is -2.79. The minimum Gasteiger partial charge on any atom is -0.288 e. The van der Waals surface area contributed by atoms with Crippen LogP contribution in [0.3, 0.4) is 0 Å². The number of ketones is 1. The van der Waals surface area contributed by atoms with Gasteiger partial charge >= 0.3 is 0 Å². The smallest absolute Gasteiger partial charge is 0.212 e. The van der Waals surface area contributed by atoms with E-state index < -0.39 is 0 Å². The van der Waals surface area contributed by atoms with Gasteiger partial charge in [0.2, 0.25) is 5.13 Å². The minimum atomic E-state index is 0.0568. The number of hydrogen-bond acceptors (Lipinski definition) is 4. The highest BCUT2D eigenvalue weighted by Gasteiger charge is 2.34. The molecule has 0 unspecified atom stereocenters. The summed E-state index contributed by atoms with van der Waals surface area (Å²) in [7, 11) is 0. The topological polar surface area (TPSA) is 47.8 Å². The lowest BCUT2D eigenvalue weighted by atomic mass is 10.1. The predicted octanol–water partition coefficient (Wildman–Crippen LogP) is 4.31. The molecule has 2 aromatic carbocycles. The standard InChI is InChI=1S/C19H13N3OS/c1-10-7-8-14-15(9-10)24-19(20-14)22-17-12-5-3-4-6-13(12)18(23)16(17)11(2)21-22/h3-9H,1-2H3. The van der Waals surface area contributed by atoms with Crippen molar-refractivity contribution in [1.29, 1.82) is 0 Å². The first kappa shape index (κ1) is 13.6. The molecule has 0 fully saturated rings. The van der Waals surface area contributed by atoms with Crippen molar-refractivity contribution >= 4 is 27.3 Å². The summed E-state index contributed by atoms with van der Waals surface area (Å²) in [5, 5.41) is 5.41. The van der Waals surface area contributed by atoms with E-state index in [0.717, 1.165) is 37.9 Å². The molecule has 2 aromatic heterocycles. The molecule has 0 N–H and O–H groups in total. The molecule has 24 heavy (non-hydrogen) atoms. The summed E-state index contributed by atoms with van der Waals surface area (Å²) in [6.45, 7) is 3.96. The SMILES string of the molecule is Cc1ccc2nc(-n3nc(C)c4c3-c3ccccc3C4=O)sc2c1. The van der Waals surface area contributed by atoms with Crippen molar-refractivity contribution in [2.45, 2.75) is 13.8 Å². The number of hydrogen-bond donors (Lipinski definition) is 0. The van der Waals surface area contributed by atoms with Gasteiger partial charge in [-0.05, 0) is 31.5 Å². The van der Waals surface area contributed by atoms with Crippen molar-refractivity contribution < 1.29 is 4.79 Å². The molecule has 5 heteroatoms. The van der Waals surface area contributed by atoms with Crippen molar-refractivity contribution in [1.82, 2.24) is 14.8 Å². The van der Waals surface area contributed by atoms with Crippen LogP contribution in [0.2, 0.25) is 0 Å². The summed E-state index contributed by atoms with van der Waals surface area (Å²) in [6.07, 6.45) is 0. The van der Waals surface area contributed by atoms with Crippen molar-refractivity contribution in [2.24, 2.45) is 0 Å². The van der Waals surface area contributed by atoms with Gasteiger partial charge in [0.25, 0.3) is 0 Å². The average Bonchev–Trinajstić information content (AvgIpc) is 3.22. The fourth-order valence-corrected chi connectivity index (χ4v) is 4.34. The van der Waals surface area contributed by atoms with Gasteiger partial charge in [0.1, 0.15) is 0 Å². The third kappa shape index (κ3) is 1.70. The first-order valence-electron chi connectivity index (χ1n) is 7.75. The quantitative estimate of drug-likeness (QED) is 0.460. The number of aryl methyl sites for hydroxylation is 2. The van der Waals surface area contributed by atoms with Crippen LogP contribution in [0.5, 0.6) is 0 Å². The first-order chi connectivity index (χ1) is 11.6. The van der Waals surface area contributed by atoms with Crippen LogP contribution in [0.4, 0.5) is 0 Å². The molecule has 0 amide bonds. The largest absolute Gasteiger partial charge is 0.288 e. The van der Waals surface area contributed by atoms with Crippen molar-refractivity contribution in [3.63, 3.8) is 0 Å². The molecule has 0 spiro atoms. The second-order valence-electron chi connectivity index (χ2n) is 6.06. The van der Waals surface area contributed by atoms with Gasteiger partial charge in [-0.1, -0.05) is 41.7 Å². The Morgan fingerprint density at radius 3 is 2.67 bits per heavy atom. The Kier molecular flexibility index (Phi) is 2.62. The lowest BCUT2D eigenvalue weighted by molar-refractivity contribution is 0.104. The van der Waals surface area contributed by atoms with E-state index in [1.807, 2.05) is 41.9 Å². The Morgan fingerprint density at radius 2 is 1.83 bits per heavy atom. The van der Waals surface area contributed by atoms with Crippen molar-refractivity contribution in [2.75, 3.05) is 0 Å². The first-order valence-corrected chi connectivity index (χ1v) is 8.56. The number of carbonyl (C=O) groups excluding carboxylic acids is 1. The number of rotatable bonds is 1. The predicted molar refractivity (Wildman–Crippen MR) is 95.1 cm³/mol. The summed E-state index contributed by atoms with van der Waals surface area (Å²) in [5.74, 6) is 0.0568. The molecule has 0 aliphatic heterocycles. The number of aromatic nitrogens is 3. The molecule has 0 saturated heterocycles. The fraction of sp³-hybridized carbons (Fsp3) is 0.105. The lowest BCUT2D eigenvalue weighted by Crippen LogP contribution is -1.99. The number of thiazole rings is 1. The van der Waals surface area contributed by atoms with Crippen LogP contribution in [-0.2, 0) is 0 Å². The van der Waals surface area contributed by atoms with E-state index in [2.05, 4.69) is 24.2 Å². The zero-order valence-corrected chi connectivity index (χ0v) is 14.0. The minimum absolute atomic E-state index is 0.0568. The van der Waals surface area contributed by atoms with Crippen LogP contribution in [0.25, 0.3) is 26.6 Å². The second-order valence-corrected chi connectivity index (χ2v) is 7.07. The van der Waals surface area contributed by atoms with E-state index in [0.29, 0.717) is 5.56 Å². The molecule has 1 aliphatic carbocycles. The Labute approximate surface area is 142 Å². The van der Waals surface area contributed by atoms with Crippen molar-refractivity contribution in [3.05, 3.63) is 64.8 Å². The Balaban J connectivity index is 1.81. The number of carbonyl (C=O) groups is 1. The van der Waals surface area contributed by atoms with E-state index in [-0.39, 0.29) is 5.78 Å². The zero-order chi connectivity index (χ0) is 16.4. The highest BCUT2D eigenvalue weighted by molar-refractivity contribution is 7.20. The maximum absolute atomic E-state index is 12.7. The van der Waals surface area contributed by atoms with Gasteiger partial charge in [0, 0.05) is 11.1 Å². The van der Waals surface area contributed by atoms with E-state index in [1.54, 1.807) is 11.3 Å². The van der Waals surface area contributed by atoms with E-state index >= 15 is 0 Å². The highest BCUT2D eigenvalue weighted by atomic mass is 32.1. The molecule has 1 aliphatic rings. The molecule has 116 valence electrons.